The Labute approximate surface area is 145 Å². The van der Waals surface area contributed by atoms with Crippen LogP contribution in [0.1, 0.15) is 11.1 Å². The molecule has 0 unspecified atom stereocenters. The van der Waals surface area contributed by atoms with Crippen molar-refractivity contribution in [3.63, 3.8) is 0 Å². The molecule has 2 aromatic rings. The molecule has 4 nitrogen and oxygen atoms in total. The normalized spacial score (nSPS) is 14.2. The van der Waals surface area contributed by atoms with E-state index >= 15 is 0 Å². The van der Waals surface area contributed by atoms with E-state index in [0.29, 0.717) is 11.3 Å². The molecule has 1 aliphatic rings. The molecule has 0 aromatic heterocycles. The third-order valence-electron chi connectivity index (χ3n) is 3.90. The number of aryl methyl sites for hydroxylation is 1. The van der Waals surface area contributed by atoms with Crippen molar-refractivity contribution in [1.82, 2.24) is 4.90 Å². The maximum Gasteiger partial charge on any atom is 0.278 e. The molecular formula is C20H17FN2O2. The molecule has 0 saturated heterocycles. The lowest BCUT2D eigenvalue weighted by atomic mass is 10.0. The minimum absolute atomic E-state index is 0.112. The van der Waals surface area contributed by atoms with Crippen LogP contribution in [-0.2, 0) is 9.59 Å². The van der Waals surface area contributed by atoms with Crippen LogP contribution in [0.15, 0.2) is 66.9 Å². The van der Waals surface area contributed by atoms with Crippen molar-refractivity contribution >= 4 is 23.1 Å². The number of nitrogens with zero attached hydrogens (tertiary/aromatic N) is 1. The molecule has 1 N–H and O–H groups in total. The molecule has 0 fully saturated rings. The Morgan fingerprint density at radius 2 is 1.84 bits per heavy atom. The first-order valence-corrected chi connectivity index (χ1v) is 7.82. The van der Waals surface area contributed by atoms with Crippen molar-refractivity contribution in [2.24, 2.45) is 0 Å². The minimum Gasteiger partial charge on any atom is -0.350 e. The molecule has 25 heavy (non-hydrogen) atoms. The van der Waals surface area contributed by atoms with Crippen molar-refractivity contribution in [3.05, 3.63) is 83.8 Å². The SMILES string of the molecule is C=CCN1C(=O)C(Nc2cccc(C)c2)=C(c2ccc(F)cc2)C1=O. The quantitative estimate of drug-likeness (QED) is 0.671. The van der Waals surface area contributed by atoms with Gasteiger partial charge in [0, 0.05) is 12.2 Å². The van der Waals surface area contributed by atoms with E-state index < -0.39 is 17.6 Å². The average molecular weight is 336 g/mol. The zero-order valence-electron chi connectivity index (χ0n) is 13.8. The van der Waals surface area contributed by atoms with Crippen LogP contribution in [0.3, 0.4) is 0 Å². The molecule has 0 radical (unpaired) electrons. The number of amides is 2. The lowest BCUT2D eigenvalue weighted by Gasteiger charge is -2.12. The molecule has 126 valence electrons. The van der Waals surface area contributed by atoms with E-state index in [4.69, 9.17) is 0 Å². The highest BCUT2D eigenvalue weighted by Gasteiger charge is 2.38. The standard InChI is InChI=1S/C20H17FN2O2/c1-3-11-23-19(24)17(14-7-9-15(21)10-8-14)18(20(23)25)22-16-6-4-5-13(2)12-16/h3-10,12,22H,1,11H2,2H3. The van der Waals surface area contributed by atoms with Gasteiger partial charge in [-0.25, -0.2) is 4.39 Å². The van der Waals surface area contributed by atoms with Crippen molar-refractivity contribution in [2.45, 2.75) is 6.92 Å². The summed E-state index contributed by atoms with van der Waals surface area (Å²) in [7, 11) is 0. The average Bonchev–Trinajstić information content (AvgIpc) is 2.81. The van der Waals surface area contributed by atoms with Gasteiger partial charge in [-0.2, -0.15) is 0 Å². The van der Waals surface area contributed by atoms with Gasteiger partial charge < -0.3 is 5.32 Å². The zero-order valence-corrected chi connectivity index (χ0v) is 13.8. The Balaban J connectivity index is 2.08. The molecule has 0 atom stereocenters. The van der Waals surface area contributed by atoms with Gasteiger partial charge in [-0.1, -0.05) is 30.3 Å². The lowest BCUT2D eigenvalue weighted by molar-refractivity contribution is -0.136. The monoisotopic (exact) mass is 336 g/mol. The van der Waals surface area contributed by atoms with Gasteiger partial charge in [-0.15, -0.1) is 6.58 Å². The number of carbonyl (C=O) groups excluding carboxylic acids is 2. The second kappa shape index (κ2) is 6.73. The number of carbonyl (C=O) groups is 2. The van der Waals surface area contributed by atoms with E-state index in [1.165, 1.54) is 30.3 Å². The molecule has 2 aromatic carbocycles. The summed E-state index contributed by atoms with van der Waals surface area (Å²) in [6.07, 6.45) is 1.49. The second-order valence-corrected chi connectivity index (χ2v) is 5.76. The number of anilines is 1. The van der Waals surface area contributed by atoms with Crippen LogP contribution in [0.2, 0.25) is 0 Å². The number of halogens is 1. The van der Waals surface area contributed by atoms with Gasteiger partial charge in [0.15, 0.2) is 0 Å². The van der Waals surface area contributed by atoms with Gasteiger partial charge in [0.2, 0.25) is 0 Å². The number of imide groups is 1. The van der Waals surface area contributed by atoms with Crippen LogP contribution in [0.25, 0.3) is 5.57 Å². The molecule has 1 heterocycles. The highest BCUT2D eigenvalue weighted by atomic mass is 19.1. The molecule has 0 aliphatic carbocycles. The van der Waals surface area contributed by atoms with E-state index in [-0.39, 0.29) is 17.8 Å². The summed E-state index contributed by atoms with van der Waals surface area (Å²) in [4.78, 5) is 26.5. The fraction of sp³-hybridized carbons (Fsp3) is 0.100. The molecule has 2 amide bonds. The highest BCUT2D eigenvalue weighted by molar-refractivity contribution is 6.36. The molecule has 0 spiro atoms. The predicted octanol–water partition coefficient (Wildman–Crippen LogP) is 3.51. The maximum absolute atomic E-state index is 13.2. The van der Waals surface area contributed by atoms with E-state index in [1.54, 1.807) is 0 Å². The smallest absolute Gasteiger partial charge is 0.278 e. The van der Waals surface area contributed by atoms with Crippen LogP contribution in [0.4, 0.5) is 10.1 Å². The number of nitrogens with one attached hydrogen (secondary N) is 1. The summed E-state index contributed by atoms with van der Waals surface area (Å²) in [6, 6.07) is 13.0. The molecule has 3 rings (SSSR count). The number of rotatable bonds is 5. The Kier molecular flexibility index (Phi) is 4.48. The molecule has 0 bridgehead atoms. The summed E-state index contributed by atoms with van der Waals surface area (Å²) >= 11 is 0. The van der Waals surface area contributed by atoms with Crippen LogP contribution in [0.5, 0.6) is 0 Å². The summed E-state index contributed by atoms with van der Waals surface area (Å²) in [5.41, 5.74) is 2.63. The summed E-state index contributed by atoms with van der Waals surface area (Å²) in [5, 5.41) is 3.05. The third-order valence-corrected chi connectivity index (χ3v) is 3.90. The Morgan fingerprint density at radius 3 is 2.48 bits per heavy atom. The van der Waals surface area contributed by atoms with Gasteiger partial charge in [-0.05, 0) is 42.3 Å². The van der Waals surface area contributed by atoms with E-state index in [1.807, 2.05) is 31.2 Å². The van der Waals surface area contributed by atoms with Crippen LogP contribution in [-0.4, -0.2) is 23.3 Å². The van der Waals surface area contributed by atoms with Gasteiger partial charge in [0.25, 0.3) is 11.8 Å². The molecule has 5 heteroatoms. The van der Waals surface area contributed by atoms with E-state index in [0.717, 1.165) is 10.5 Å². The fourth-order valence-corrected chi connectivity index (χ4v) is 2.74. The number of hydrogen-bond donors (Lipinski definition) is 1. The first-order chi connectivity index (χ1) is 12.0. The first-order valence-electron chi connectivity index (χ1n) is 7.82. The van der Waals surface area contributed by atoms with Crippen molar-refractivity contribution in [2.75, 3.05) is 11.9 Å². The fourth-order valence-electron chi connectivity index (χ4n) is 2.74. The summed E-state index contributed by atoms with van der Waals surface area (Å²) < 4.78 is 13.2. The topological polar surface area (TPSA) is 49.4 Å². The third kappa shape index (κ3) is 3.21. The summed E-state index contributed by atoms with van der Waals surface area (Å²) in [5.74, 6) is -1.25. The highest BCUT2D eigenvalue weighted by Crippen LogP contribution is 2.30. The van der Waals surface area contributed by atoms with Crippen molar-refractivity contribution in [1.29, 1.82) is 0 Å². The van der Waals surface area contributed by atoms with E-state index in [2.05, 4.69) is 11.9 Å². The van der Waals surface area contributed by atoms with Gasteiger partial charge in [0.05, 0.1) is 5.57 Å². The second-order valence-electron chi connectivity index (χ2n) is 5.76. The van der Waals surface area contributed by atoms with Gasteiger partial charge in [-0.3, -0.25) is 14.5 Å². The number of benzene rings is 2. The van der Waals surface area contributed by atoms with Crippen LogP contribution < -0.4 is 5.32 Å². The zero-order chi connectivity index (χ0) is 18.0. The van der Waals surface area contributed by atoms with Gasteiger partial charge >= 0.3 is 0 Å². The predicted molar refractivity (Wildman–Crippen MR) is 95.0 cm³/mol. The minimum atomic E-state index is -0.425. The van der Waals surface area contributed by atoms with Gasteiger partial charge in [0.1, 0.15) is 11.5 Å². The molecule has 1 aliphatic heterocycles. The largest absolute Gasteiger partial charge is 0.350 e. The van der Waals surface area contributed by atoms with Crippen molar-refractivity contribution < 1.29 is 14.0 Å². The van der Waals surface area contributed by atoms with Crippen LogP contribution in [0, 0.1) is 12.7 Å². The van der Waals surface area contributed by atoms with E-state index in [9.17, 15) is 14.0 Å². The maximum atomic E-state index is 13.2. The molecule has 0 saturated carbocycles. The Hall–Kier alpha value is -3.21. The lowest BCUT2D eigenvalue weighted by Crippen LogP contribution is -2.32. The first kappa shape index (κ1) is 16.6. The Bertz CT molecular complexity index is 885. The number of hydrogen-bond acceptors (Lipinski definition) is 3. The van der Waals surface area contributed by atoms with Crippen LogP contribution >= 0.6 is 0 Å². The summed E-state index contributed by atoms with van der Waals surface area (Å²) in [6.45, 7) is 5.64. The van der Waals surface area contributed by atoms with Crippen molar-refractivity contribution in [3.8, 4) is 0 Å². The molecular weight excluding hydrogens is 319 g/mol. The Morgan fingerprint density at radius 1 is 1.12 bits per heavy atom.